The lowest BCUT2D eigenvalue weighted by atomic mass is 10.1. The van der Waals surface area contributed by atoms with Crippen molar-refractivity contribution in [3.63, 3.8) is 0 Å². The Morgan fingerprint density at radius 1 is 1.12 bits per heavy atom. The molecule has 0 aliphatic carbocycles. The third-order valence-electron chi connectivity index (χ3n) is 4.06. The minimum Gasteiger partial charge on any atom is -0.486 e. The molecule has 4 rings (SSSR count). The summed E-state index contributed by atoms with van der Waals surface area (Å²) >= 11 is 0. The minimum atomic E-state index is -0.436. The molecule has 2 aromatic carbocycles. The molecule has 1 aliphatic heterocycles. The van der Waals surface area contributed by atoms with Crippen LogP contribution in [-0.4, -0.2) is 30.1 Å². The van der Waals surface area contributed by atoms with Gasteiger partial charge in [-0.2, -0.15) is 0 Å². The molecule has 0 spiro atoms. The first-order valence-corrected chi connectivity index (χ1v) is 7.99. The van der Waals surface area contributed by atoms with E-state index >= 15 is 0 Å². The summed E-state index contributed by atoms with van der Waals surface area (Å²) in [6.07, 6.45) is -0.307. The zero-order chi connectivity index (χ0) is 17.2. The highest BCUT2D eigenvalue weighted by Crippen LogP contribution is 2.30. The van der Waals surface area contributed by atoms with Crippen LogP contribution in [0.15, 0.2) is 59.4 Å². The number of carbonyl (C=O) groups is 1. The van der Waals surface area contributed by atoms with Crippen LogP contribution in [-0.2, 0) is 0 Å². The van der Waals surface area contributed by atoms with E-state index in [0.717, 1.165) is 5.39 Å². The van der Waals surface area contributed by atoms with Gasteiger partial charge in [-0.15, -0.1) is 0 Å². The van der Waals surface area contributed by atoms with Crippen LogP contribution in [0.1, 0.15) is 10.4 Å². The number of pyridine rings is 1. The van der Waals surface area contributed by atoms with Gasteiger partial charge in [-0.1, -0.05) is 30.3 Å². The first kappa shape index (κ1) is 15.3. The highest BCUT2D eigenvalue weighted by molar-refractivity contribution is 5.97. The predicted octanol–water partition coefficient (Wildman–Crippen LogP) is 2.10. The summed E-state index contributed by atoms with van der Waals surface area (Å²) in [6, 6.07) is 16.3. The Labute approximate surface area is 143 Å². The number of ether oxygens (including phenoxy) is 2. The van der Waals surface area contributed by atoms with Gasteiger partial charge in [-0.25, -0.2) is 0 Å². The Morgan fingerprint density at radius 2 is 1.88 bits per heavy atom. The zero-order valence-corrected chi connectivity index (χ0v) is 13.3. The number of carbonyl (C=O) groups excluding carboxylic acids is 1. The molecule has 2 N–H and O–H groups in total. The maximum atomic E-state index is 12.4. The minimum absolute atomic E-state index is 0.0795. The molecule has 0 radical (unpaired) electrons. The SMILES string of the molecule is O=C(NCC1COc2ccccc2O1)c1cc2ccccc2[nH]c1=O. The summed E-state index contributed by atoms with van der Waals surface area (Å²) in [6.45, 7) is 0.588. The predicted molar refractivity (Wildman–Crippen MR) is 93.3 cm³/mol. The number of fused-ring (bicyclic) bond motifs is 2. The number of hydrogen-bond donors (Lipinski definition) is 2. The van der Waals surface area contributed by atoms with Crippen LogP contribution in [0.2, 0.25) is 0 Å². The van der Waals surface area contributed by atoms with Crippen LogP contribution in [0.3, 0.4) is 0 Å². The Morgan fingerprint density at radius 3 is 2.76 bits per heavy atom. The van der Waals surface area contributed by atoms with E-state index in [-0.39, 0.29) is 18.2 Å². The number of rotatable bonds is 3. The average molecular weight is 336 g/mol. The van der Waals surface area contributed by atoms with Crippen molar-refractivity contribution in [2.75, 3.05) is 13.2 Å². The molecule has 1 aliphatic rings. The van der Waals surface area contributed by atoms with Gasteiger partial charge in [0.2, 0.25) is 0 Å². The summed E-state index contributed by atoms with van der Waals surface area (Å²) in [5, 5.41) is 3.55. The molecule has 6 heteroatoms. The van der Waals surface area contributed by atoms with Crippen molar-refractivity contribution < 1.29 is 14.3 Å². The molecule has 2 heterocycles. The van der Waals surface area contributed by atoms with Gasteiger partial charge in [-0.05, 0) is 29.7 Å². The van der Waals surface area contributed by atoms with Crippen molar-refractivity contribution in [2.24, 2.45) is 0 Å². The van der Waals surface area contributed by atoms with Crippen molar-refractivity contribution in [3.05, 3.63) is 70.5 Å². The summed E-state index contributed by atoms with van der Waals surface area (Å²) in [7, 11) is 0. The summed E-state index contributed by atoms with van der Waals surface area (Å²) < 4.78 is 11.4. The van der Waals surface area contributed by atoms with Crippen molar-refractivity contribution in [2.45, 2.75) is 6.10 Å². The average Bonchev–Trinajstić information content (AvgIpc) is 2.65. The number of benzene rings is 2. The fourth-order valence-electron chi connectivity index (χ4n) is 2.78. The van der Waals surface area contributed by atoms with E-state index in [0.29, 0.717) is 23.6 Å². The third kappa shape index (κ3) is 3.06. The Bertz CT molecular complexity index is 996. The largest absolute Gasteiger partial charge is 0.486 e. The normalized spacial score (nSPS) is 15.8. The second-order valence-corrected chi connectivity index (χ2v) is 5.81. The molecule has 126 valence electrons. The molecule has 1 aromatic heterocycles. The Balaban J connectivity index is 1.46. The van der Waals surface area contributed by atoms with E-state index in [4.69, 9.17) is 9.47 Å². The van der Waals surface area contributed by atoms with Gasteiger partial charge in [0.05, 0.1) is 6.54 Å². The number of amides is 1. The molecule has 0 saturated heterocycles. The van der Waals surface area contributed by atoms with Crippen molar-refractivity contribution in [3.8, 4) is 11.5 Å². The first-order valence-electron chi connectivity index (χ1n) is 7.99. The van der Waals surface area contributed by atoms with Crippen molar-refractivity contribution >= 4 is 16.8 Å². The molecule has 1 unspecified atom stereocenters. The molecule has 0 saturated carbocycles. The fourth-order valence-corrected chi connectivity index (χ4v) is 2.78. The quantitative estimate of drug-likeness (QED) is 0.767. The van der Waals surface area contributed by atoms with Gasteiger partial charge in [0.15, 0.2) is 11.5 Å². The van der Waals surface area contributed by atoms with Crippen LogP contribution < -0.4 is 20.3 Å². The highest BCUT2D eigenvalue weighted by Gasteiger charge is 2.22. The number of H-pyrrole nitrogens is 1. The maximum Gasteiger partial charge on any atom is 0.261 e. The van der Waals surface area contributed by atoms with Gasteiger partial charge in [0, 0.05) is 5.52 Å². The second kappa shape index (κ2) is 6.32. The van der Waals surface area contributed by atoms with E-state index in [1.807, 2.05) is 42.5 Å². The van der Waals surface area contributed by atoms with E-state index < -0.39 is 11.5 Å². The van der Waals surface area contributed by atoms with Crippen LogP contribution in [0.5, 0.6) is 11.5 Å². The van der Waals surface area contributed by atoms with Crippen LogP contribution in [0, 0.1) is 0 Å². The van der Waals surface area contributed by atoms with Gasteiger partial charge in [0.25, 0.3) is 11.5 Å². The van der Waals surface area contributed by atoms with Gasteiger partial charge in [-0.3, -0.25) is 9.59 Å². The van der Waals surface area contributed by atoms with E-state index in [1.165, 1.54) is 0 Å². The van der Waals surface area contributed by atoms with E-state index in [1.54, 1.807) is 12.1 Å². The third-order valence-corrected chi connectivity index (χ3v) is 4.06. The number of aromatic nitrogens is 1. The number of hydrogen-bond acceptors (Lipinski definition) is 4. The van der Waals surface area contributed by atoms with Gasteiger partial charge >= 0.3 is 0 Å². The summed E-state index contributed by atoms with van der Waals surface area (Å²) in [5.41, 5.74) is 0.364. The van der Waals surface area contributed by atoms with Crippen molar-refractivity contribution in [1.29, 1.82) is 0 Å². The molecule has 3 aromatic rings. The molecule has 25 heavy (non-hydrogen) atoms. The molecule has 6 nitrogen and oxygen atoms in total. The van der Waals surface area contributed by atoms with Crippen molar-refractivity contribution in [1.82, 2.24) is 10.3 Å². The van der Waals surface area contributed by atoms with E-state index in [9.17, 15) is 9.59 Å². The maximum absolute atomic E-state index is 12.4. The van der Waals surface area contributed by atoms with Crippen LogP contribution >= 0.6 is 0 Å². The Kier molecular flexibility index (Phi) is 3.85. The summed E-state index contributed by atoms with van der Waals surface area (Å²) in [5.74, 6) is 0.905. The fraction of sp³-hybridized carbons (Fsp3) is 0.158. The molecule has 0 fully saturated rings. The topological polar surface area (TPSA) is 80.4 Å². The molecule has 1 amide bonds. The zero-order valence-electron chi connectivity index (χ0n) is 13.3. The standard InChI is InChI=1S/C19H16N2O4/c22-18(14-9-12-5-1-2-6-15(12)21-19(14)23)20-10-13-11-24-16-7-3-4-8-17(16)25-13/h1-9,13H,10-11H2,(H,20,22)(H,21,23). The monoisotopic (exact) mass is 336 g/mol. The lowest BCUT2D eigenvalue weighted by Gasteiger charge is -2.26. The number of aromatic amines is 1. The highest BCUT2D eigenvalue weighted by atomic mass is 16.6. The Hall–Kier alpha value is -3.28. The van der Waals surface area contributed by atoms with Gasteiger partial charge < -0.3 is 19.8 Å². The first-order chi connectivity index (χ1) is 12.2. The van der Waals surface area contributed by atoms with Crippen LogP contribution in [0.25, 0.3) is 10.9 Å². The molecular weight excluding hydrogens is 320 g/mol. The second-order valence-electron chi connectivity index (χ2n) is 5.81. The number of para-hydroxylation sites is 3. The molecule has 0 bridgehead atoms. The van der Waals surface area contributed by atoms with Gasteiger partial charge in [0.1, 0.15) is 18.3 Å². The molecular formula is C19H16N2O4. The van der Waals surface area contributed by atoms with E-state index in [2.05, 4.69) is 10.3 Å². The number of nitrogens with one attached hydrogen (secondary N) is 2. The van der Waals surface area contributed by atoms with Crippen LogP contribution in [0.4, 0.5) is 0 Å². The molecule has 1 atom stereocenters. The smallest absolute Gasteiger partial charge is 0.261 e. The lowest BCUT2D eigenvalue weighted by Crippen LogP contribution is -2.41. The summed E-state index contributed by atoms with van der Waals surface area (Å²) in [4.78, 5) is 27.2. The lowest BCUT2D eigenvalue weighted by molar-refractivity contribution is 0.0788.